The lowest BCUT2D eigenvalue weighted by molar-refractivity contribution is -0.154. The molecule has 0 aliphatic carbocycles. The van der Waals surface area contributed by atoms with Gasteiger partial charge in [-0.25, -0.2) is 4.57 Å². The Morgan fingerprint density at radius 1 is 0.469 bits per heavy atom. The summed E-state index contributed by atoms with van der Waals surface area (Å²) in [4.78, 5) is 22.6. The number of ether oxygens (including phenoxy) is 2. The van der Waals surface area contributed by atoms with Gasteiger partial charge in [0, 0.05) is 19.6 Å². The van der Waals surface area contributed by atoms with Crippen LogP contribution in [0, 0.1) is 0 Å². The topological polar surface area (TPSA) is 117 Å². The van der Waals surface area contributed by atoms with Crippen LogP contribution in [0.1, 0.15) is 168 Å². The minimum Gasteiger partial charge on any atom is -0.457 e. The molecule has 0 fully saturated rings. The van der Waals surface area contributed by atoms with Crippen molar-refractivity contribution < 1.29 is 32.8 Å². The number of nitrogens with two attached hydrogens (primary N) is 1. The SMILES string of the molecule is CC/C=C\C/C=C\C/C=C\C/C=C\C/C=C\C/C=C\CCCCCCCCC(=O)OC(COCCCCCC/C=C\C/C=C\C/C=C\C/C=C\C/C=C\CC)COP(=O)(O)OCCN. The van der Waals surface area contributed by atoms with E-state index in [1.165, 1.54) is 12.8 Å². The summed E-state index contributed by atoms with van der Waals surface area (Å²) in [6, 6.07) is 0. The molecule has 3 N–H and O–H groups in total. The van der Waals surface area contributed by atoms with Crippen molar-refractivity contribution in [1.29, 1.82) is 0 Å². The summed E-state index contributed by atoms with van der Waals surface area (Å²) < 4.78 is 33.5. The highest BCUT2D eigenvalue weighted by Crippen LogP contribution is 2.43. The maximum Gasteiger partial charge on any atom is 0.472 e. The van der Waals surface area contributed by atoms with E-state index in [9.17, 15) is 14.3 Å². The second kappa shape index (κ2) is 50.6. The van der Waals surface area contributed by atoms with Crippen molar-refractivity contribution in [2.24, 2.45) is 5.73 Å². The number of allylic oxidation sites excluding steroid dienone is 22. The minimum absolute atomic E-state index is 0.0828. The number of phosphoric acid groups is 1. The van der Waals surface area contributed by atoms with Gasteiger partial charge in [0.05, 0.1) is 19.8 Å². The van der Waals surface area contributed by atoms with Crippen molar-refractivity contribution in [2.45, 2.75) is 174 Å². The van der Waals surface area contributed by atoms with E-state index >= 15 is 0 Å². The second-order valence-corrected chi connectivity index (χ2v) is 17.0. The molecule has 0 aromatic heterocycles. The maximum atomic E-state index is 12.7. The first kappa shape index (κ1) is 60.6. The number of hydrogen-bond donors (Lipinski definition) is 2. The maximum absolute atomic E-state index is 12.7. The zero-order chi connectivity index (χ0) is 46.5. The van der Waals surface area contributed by atoms with E-state index in [1.807, 2.05) is 0 Å². The Morgan fingerprint density at radius 3 is 1.23 bits per heavy atom. The molecule has 0 aromatic rings. The van der Waals surface area contributed by atoms with E-state index in [0.29, 0.717) is 6.61 Å². The predicted octanol–water partition coefficient (Wildman–Crippen LogP) is 15.5. The molecule has 0 rings (SSSR count). The molecule has 0 saturated heterocycles. The highest BCUT2D eigenvalue weighted by atomic mass is 31.2. The van der Waals surface area contributed by atoms with Crippen LogP contribution < -0.4 is 5.73 Å². The average Bonchev–Trinajstić information content (AvgIpc) is 3.29. The van der Waals surface area contributed by atoms with Crippen LogP contribution in [0.5, 0.6) is 0 Å². The third-order valence-corrected chi connectivity index (χ3v) is 10.5. The van der Waals surface area contributed by atoms with Gasteiger partial charge in [0.25, 0.3) is 0 Å². The lowest BCUT2D eigenvalue weighted by Gasteiger charge is -2.20. The van der Waals surface area contributed by atoms with Crippen molar-refractivity contribution in [3.8, 4) is 0 Å². The molecule has 0 heterocycles. The highest BCUT2D eigenvalue weighted by molar-refractivity contribution is 7.47. The van der Waals surface area contributed by atoms with E-state index in [1.54, 1.807) is 0 Å². The Hall–Kier alpha value is -3.36. The zero-order valence-corrected chi connectivity index (χ0v) is 41.1. The van der Waals surface area contributed by atoms with Gasteiger partial charge < -0.3 is 20.1 Å². The smallest absolute Gasteiger partial charge is 0.457 e. The number of carbonyl (C=O) groups excluding carboxylic acids is 1. The van der Waals surface area contributed by atoms with Crippen molar-refractivity contribution in [1.82, 2.24) is 0 Å². The first-order valence-electron chi connectivity index (χ1n) is 24.7. The fourth-order valence-electron chi connectivity index (χ4n) is 6.03. The summed E-state index contributed by atoms with van der Waals surface area (Å²) in [6.07, 6.45) is 71.9. The lowest BCUT2D eigenvalue weighted by atomic mass is 10.1. The van der Waals surface area contributed by atoms with Crippen LogP contribution in [-0.2, 0) is 27.9 Å². The molecule has 2 atom stereocenters. The van der Waals surface area contributed by atoms with Gasteiger partial charge in [-0.05, 0) is 109 Å². The summed E-state index contributed by atoms with van der Waals surface area (Å²) in [5.74, 6) is -0.361. The molecule has 0 amide bonds. The third kappa shape index (κ3) is 49.7. The van der Waals surface area contributed by atoms with Crippen LogP contribution in [0.3, 0.4) is 0 Å². The number of carbonyl (C=O) groups is 1. The monoisotopic (exact) mass is 908 g/mol. The zero-order valence-electron chi connectivity index (χ0n) is 40.2. The molecule has 64 heavy (non-hydrogen) atoms. The van der Waals surface area contributed by atoms with E-state index in [0.717, 1.165) is 135 Å². The Bertz CT molecular complexity index is 1440. The number of phosphoric ester groups is 1. The Balaban J connectivity index is 4.11. The van der Waals surface area contributed by atoms with Gasteiger partial charge in [-0.2, -0.15) is 0 Å². The lowest BCUT2D eigenvalue weighted by Crippen LogP contribution is -2.28. The summed E-state index contributed by atoms with van der Waals surface area (Å²) in [6.45, 7) is 4.57. The fraction of sp³-hybridized carbons (Fsp3) is 0.582. The predicted molar refractivity (Wildman–Crippen MR) is 274 cm³/mol. The Kier molecular flexibility index (Phi) is 48.0. The van der Waals surface area contributed by atoms with E-state index in [2.05, 4.69) is 148 Å². The van der Waals surface area contributed by atoms with E-state index in [-0.39, 0.29) is 38.8 Å². The van der Waals surface area contributed by atoms with Gasteiger partial charge in [-0.3, -0.25) is 13.8 Å². The number of hydrogen-bond acceptors (Lipinski definition) is 7. The first-order valence-corrected chi connectivity index (χ1v) is 26.2. The molecule has 0 bridgehead atoms. The molecular weight excluding hydrogens is 818 g/mol. The van der Waals surface area contributed by atoms with E-state index < -0.39 is 13.9 Å². The molecule has 362 valence electrons. The molecule has 0 aromatic carbocycles. The van der Waals surface area contributed by atoms with Gasteiger partial charge in [-0.15, -0.1) is 0 Å². The average molecular weight is 908 g/mol. The number of unbranched alkanes of at least 4 members (excludes halogenated alkanes) is 10. The standard InChI is InChI=1S/C55H90NO7P/c1-3-5-7-9-11-13-15-17-19-21-23-25-26-27-28-29-30-32-34-36-38-40-42-44-46-48-55(57)63-54(53-62-64(58,59)61-51-49-56)52-60-50-47-45-43-41-39-37-35-33-31-24-22-20-18-16-14-12-10-8-6-4-2/h5-8,11-14,17-20,23-25,27-28,30-32,35,37,54H,3-4,9-10,15-16,21-22,26,29,33-34,36,38-53,56H2,1-2H3,(H,58,59)/b7-5-,8-6-,13-11-,14-12-,19-17-,20-18-,25-23-,28-27-,31-24-,32-30-,37-35-. The van der Waals surface area contributed by atoms with Crippen molar-refractivity contribution in [3.63, 3.8) is 0 Å². The van der Waals surface area contributed by atoms with Crippen LogP contribution >= 0.6 is 7.82 Å². The Morgan fingerprint density at radius 2 is 0.828 bits per heavy atom. The van der Waals surface area contributed by atoms with E-state index in [4.69, 9.17) is 24.3 Å². The fourth-order valence-corrected chi connectivity index (χ4v) is 6.79. The Labute approximate surface area is 391 Å². The van der Waals surface area contributed by atoms with Gasteiger partial charge in [0.15, 0.2) is 0 Å². The number of rotatable bonds is 45. The molecule has 8 nitrogen and oxygen atoms in total. The molecule has 2 unspecified atom stereocenters. The van der Waals surface area contributed by atoms with Crippen molar-refractivity contribution in [3.05, 3.63) is 134 Å². The summed E-state index contributed by atoms with van der Waals surface area (Å²) in [5, 5.41) is 0. The number of esters is 1. The van der Waals surface area contributed by atoms with Gasteiger partial charge >= 0.3 is 13.8 Å². The molecule has 0 radical (unpaired) electrons. The molecule has 0 aliphatic heterocycles. The largest absolute Gasteiger partial charge is 0.472 e. The van der Waals surface area contributed by atoms with Crippen LogP contribution in [-0.4, -0.2) is 49.9 Å². The molecule has 0 aliphatic rings. The third-order valence-electron chi connectivity index (χ3n) is 9.56. The summed E-state index contributed by atoms with van der Waals surface area (Å²) >= 11 is 0. The minimum atomic E-state index is -4.31. The normalized spacial score (nSPS) is 14.5. The molecule has 9 heteroatoms. The van der Waals surface area contributed by atoms with Crippen LogP contribution in [0.4, 0.5) is 0 Å². The molecule has 0 saturated carbocycles. The quantitative estimate of drug-likeness (QED) is 0.0268. The summed E-state index contributed by atoms with van der Waals surface area (Å²) in [5.41, 5.74) is 5.38. The molecule has 0 spiro atoms. The second-order valence-electron chi connectivity index (χ2n) is 15.6. The highest BCUT2D eigenvalue weighted by Gasteiger charge is 2.25. The van der Waals surface area contributed by atoms with Crippen molar-refractivity contribution >= 4 is 13.8 Å². The van der Waals surface area contributed by atoms with Crippen LogP contribution in [0.25, 0.3) is 0 Å². The van der Waals surface area contributed by atoms with Gasteiger partial charge in [0.2, 0.25) is 0 Å². The first-order chi connectivity index (χ1) is 31.4. The summed E-state index contributed by atoms with van der Waals surface area (Å²) in [7, 11) is -4.31. The molecular formula is C55H90NO7P. The van der Waals surface area contributed by atoms with Crippen molar-refractivity contribution in [2.75, 3.05) is 33.0 Å². The van der Waals surface area contributed by atoms with Gasteiger partial charge in [-0.1, -0.05) is 186 Å². The van der Waals surface area contributed by atoms with Gasteiger partial charge in [0.1, 0.15) is 6.10 Å². The van der Waals surface area contributed by atoms with Crippen LogP contribution in [0.15, 0.2) is 134 Å². The van der Waals surface area contributed by atoms with Crippen LogP contribution in [0.2, 0.25) is 0 Å².